The van der Waals surface area contributed by atoms with Crippen LogP contribution < -0.4 is 20.5 Å². The number of carbonyl (C=O) groups excluding carboxylic acids is 2. The number of carbonyl (C=O) groups is 2. The monoisotopic (exact) mass is 344 g/mol. The van der Waals surface area contributed by atoms with E-state index in [0.29, 0.717) is 22.9 Å². The summed E-state index contributed by atoms with van der Waals surface area (Å²) in [5.74, 6) is 1.51. The smallest absolute Gasteiger partial charge is 0.405 e. The Kier molecular flexibility index (Phi) is 5.84. The number of anilines is 1. The van der Waals surface area contributed by atoms with E-state index in [-0.39, 0.29) is 0 Å². The molecule has 0 spiro atoms. The van der Waals surface area contributed by atoms with Crippen molar-refractivity contribution in [3.05, 3.63) is 48.0 Å². The molecular weight excluding hydrogens is 324 g/mol. The second kappa shape index (κ2) is 8.05. The lowest BCUT2D eigenvalue weighted by molar-refractivity contribution is -0.123. The SMILES string of the molecule is COc1ccc(C)c(Oc2ccc(NC(=O)[C@@H](C)OC(N)=O)cc2)c1. The molecule has 25 heavy (non-hydrogen) atoms. The Morgan fingerprint density at radius 2 is 1.72 bits per heavy atom. The molecule has 0 radical (unpaired) electrons. The van der Waals surface area contributed by atoms with E-state index in [9.17, 15) is 9.59 Å². The van der Waals surface area contributed by atoms with Gasteiger partial charge in [-0.3, -0.25) is 4.79 Å². The maximum atomic E-state index is 11.9. The third-order valence-corrected chi connectivity index (χ3v) is 3.41. The number of primary amides is 1. The predicted octanol–water partition coefficient (Wildman–Crippen LogP) is 3.22. The summed E-state index contributed by atoms with van der Waals surface area (Å²) in [5, 5.41) is 2.62. The van der Waals surface area contributed by atoms with Crippen LogP contribution in [0.1, 0.15) is 12.5 Å². The van der Waals surface area contributed by atoms with Gasteiger partial charge in [0.15, 0.2) is 6.10 Å². The van der Waals surface area contributed by atoms with Gasteiger partial charge >= 0.3 is 6.09 Å². The normalized spacial score (nSPS) is 11.3. The maximum absolute atomic E-state index is 11.9. The van der Waals surface area contributed by atoms with Crippen molar-refractivity contribution in [2.75, 3.05) is 12.4 Å². The summed E-state index contributed by atoms with van der Waals surface area (Å²) < 4.78 is 15.6. The van der Waals surface area contributed by atoms with Gasteiger partial charge in [0.1, 0.15) is 17.2 Å². The highest BCUT2D eigenvalue weighted by molar-refractivity contribution is 5.94. The van der Waals surface area contributed by atoms with Crippen LogP contribution in [0.2, 0.25) is 0 Å². The second-order valence-electron chi connectivity index (χ2n) is 5.33. The highest BCUT2D eigenvalue weighted by Crippen LogP contribution is 2.29. The fraction of sp³-hybridized carbons (Fsp3) is 0.222. The van der Waals surface area contributed by atoms with Crippen molar-refractivity contribution >= 4 is 17.7 Å². The zero-order chi connectivity index (χ0) is 18.4. The molecule has 132 valence electrons. The quantitative estimate of drug-likeness (QED) is 0.838. The van der Waals surface area contributed by atoms with Crippen LogP contribution in [0.5, 0.6) is 17.2 Å². The molecule has 0 aliphatic carbocycles. The van der Waals surface area contributed by atoms with Crippen molar-refractivity contribution in [3.8, 4) is 17.2 Å². The first-order chi connectivity index (χ1) is 11.9. The predicted molar refractivity (Wildman–Crippen MR) is 93.0 cm³/mol. The summed E-state index contributed by atoms with van der Waals surface area (Å²) in [5.41, 5.74) is 6.39. The van der Waals surface area contributed by atoms with Gasteiger partial charge in [-0.05, 0) is 49.7 Å². The summed E-state index contributed by atoms with van der Waals surface area (Å²) >= 11 is 0. The molecule has 7 heteroatoms. The minimum Gasteiger partial charge on any atom is -0.497 e. The van der Waals surface area contributed by atoms with Gasteiger partial charge in [0.05, 0.1) is 7.11 Å². The van der Waals surface area contributed by atoms with E-state index in [1.165, 1.54) is 6.92 Å². The van der Waals surface area contributed by atoms with E-state index >= 15 is 0 Å². The molecule has 0 aliphatic heterocycles. The number of methoxy groups -OCH3 is 1. The van der Waals surface area contributed by atoms with Crippen molar-refractivity contribution in [2.24, 2.45) is 5.73 Å². The molecular formula is C18H20N2O5. The van der Waals surface area contributed by atoms with Crippen LogP contribution in [0, 0.1) is 6.92 Å². The molecule has 2 amide bonds. The van der Waals surface area contributed by atoms with Crippen molar-refractivity contribution in [1.29, 1.82) is 0 Å². The Labute approximate surface area is 145 Å². The van der Waals surface area contributed by atoms with Gasteiger partial charge in [0, 0.05) is 11.8 Å². The van der Waals surface area contributed by atoms with Crippen LogP contribution in [-0.2, 0) is 9.53 Å². The Bertz CT molecular complexity index is 759. The first kappa shape index (κ1) is 18.1. The topological polar surface area (TPSA) is 99.9 Å². The Balaban J connectivity index is 2.03. The van der Waals surface area contributed by atoms with Crippen molar-refractivity contribution in [2.45, 2.75) is 20.0 Å². The number of amides is 2. The lowest BCUT2D eigenvalue weighted by Crippen LogP contribution is -2.31. The van der Waals surface area contributed by atoms with Crippen LogP contribution in [0.4, 0.5) is 10.5 Å². The van der Waals surface area contributed by atoms with Gasteiger partial charge in [-0.15, -0.1) is 0 Å². The molecule has 3 N–H and O–H groups in total. The summed E-state index contributed by atoms with van der Waals surface area (Å²) in [6, 6.07) is 12.4. The van der Waals surface area contributed by atoms with Crippen molar-refractivity contribution < 1.29 is 23.8 Å². The molecule has 2 aromatic rings. The first-order valence-corrected chi connectivity index (χ1v) is 7.58. The summed E-state index contributed by atoms with van der Waals surface area (Å²) in [7, 11) is 1.59. The Morgan fingerprint density at radius 1 is 1.08 bits per heavy atom. The second-order valence-corrected chi connectivity index (χ2v) is 5.33. The molecule has 7 nitrogen and oxygen atoms in total. The van der Waals surface area contributed by atoms with Crippen LogP contribution in [0.25, 0.3) is 0 Å². The molecule has 0 fully saturated rings. The highest BCUT2D eigenvalue weighted by Gasteiger charge is 2.16. The third-order valence-electron chi connectivity index (χ3n) is 3.41. The van der Waals surface area contributed by atoms with E-state index < -0.39 is 18.1 Å². The molecule has 0 bridgehead atoms. The molecule has 0 heterocycles. The molecule has 0 aromatic heterocycles. The van der Waals surface area contributed by atoms with Gasteiger partial charge in [-0.25, -0.2) is 4.79 Å². The number of hydrogen-bond acceptors (Lipinski definition) is 5. The van der Waals surface area contributed by atoms with E-state index in [1.54, 1.807) is 37.4 Å². The number of aryl methyl sites for hydroxylation is 1. The van der Waals surface area contributed by atoms with E-state index in [1.807, 2.05) is 19.1 Å². The molecule has 0 aliphatic rings. The van der Waals surface area contributed by atoms with E-state index in [0.717, 1.165) is 5.56 Å². The highest BCUT2D eigenvalue weighted by atomic mass is 16.6. The first-order valence-electron chi connectivity index (χ1n) is 7.58. The number of nitrogens with two attached hydrogens (primary N) is 1. The zero-order valence-electron chi connectivity index (χ0n) is 14.2. The largest absolute Gasteiger partial charge is 0.497 e. The van der Waals surface area contributed by atoms with Crippen LogP contribution in [0.3, 0.4) is 0 Å². The van der Waals surface area contributed by atoms with Gasteiger partial charge in [0.25, 0.3) is 5.91 Å². The minimum atomic E-state index is -1.000. The molecule has 0 saturated carbocycles. The van der Waals surface area contributed by atoms with Crippen molar-refractivity contribution in [1.82, 2.24) is 0 Å². The average molecular weight is 344 g/mol. The molecule has 0 unspecified atom stereocenters. The molecule has 1 atom stereocenters. The van der Waals surface area contributed by atoms with Gasteiger partial charge in [-0.1, -0.05) is 6.07 Å². The molecule has 2 rings (SSSR count). The molecule has 2 aromatic carbocycles. The van der Waals surface area contributed by atoms with E-state index in [4.69, 9.17) is 15.2 Å². The summed E-state index contributed by atoms with van der Waals surface area (Å²) in [6.45, 7) is 3.37. The Hall–Kier alpha value is -3.22. The summed E-state index contributed by atoms with van der Waals surface area (Å²) in [6.07, 6.45) is -1.98. The fourth-order valence-electron chi connectivity index (χ4n) is 2.02. The number of hydrogen-bond donors (Lipinski definition) is 2. The third kappa shape index (κ3) is 5.13. The molecule has 0 saturated heterocycles. The standard InChI is InChI=1S/C18H20N2O5/c1-11-4-7-15(23-3)10-16(11)25-14-8-5-13(6-9-14)20-17(21)12(2)24-18(19)22/h4-10,12H,1-3H3,(H2,19,22)(H,20,21)/t12-/m1/s1. The van der Waals surface area contributed by atoms with Gasteiger partial charge < -0.3 is 25.3 Å². The van der Waals surface area contributed by atoms with Gasteiger partial charge in [0.2, 0.25) is 0 Å². The van der Waals surface area contributed by atoms with Crippen LogP contribution in [0.15, 0.2) is 42.5 Å². The number of ether oxygens (including phenoxy) is 3. The van der Waals surface area contributed by atoms with E-state index in [2.05, 4.69) is 10.1 Å². The number of rotatable bonds is 6. The minimum absolute atomic E-state index is 0.476. The summed E-state index contributed by atoms with van der Waals surface area (Å²) in [4.78, 5) is 22.5. The average Bonchev–Trinajstić information content (AvgIpc) is 2.58. The zero-order valence-corrected chi connectivity index (χ0v) is 14.2. The van der Waals surface area contributed by atoms with Crippen LogP contribution >= 0.6 is 0 Å². The lowest BCUT2D eigenvalue weighted by Gasteiger charge is -2.13. The lowest BCUT2D eigenvalue weighted by atomic mass is 10.2. The number of benzene rings is 2. The Morgan fingerprint density at radius 3 is 2.32 bits per heavy atom. The maximum Gasteiger partial charge on any atom is 0.405 e. The van der Waals surface area contributed by atoms with Crippen LogP contribution in [-0.4, -0.2) is 25.2 Å². The number of nitrogens with one attached hydrogen (secondary N) is 1. The van der Waals surface area contributed by atoms with Gasteiger partial charge in [-0.2, -0.15) is 0 Å². The van der Waals surface area contributed by atoms with Crippen molar-refractivity contribution in [3.63, 3.8) is 0 Å². The fourth-order valence-corrected chi connectivity index (χ4v) is 2.02.